The van der Waals surface area contributed by atoms with Crippen LogP contribution >= 0.6 is 0 Å². The summed E-state index contributed by atoms with van der Waals surface area (Å²) < 4.78 is 26.9. The third-order valence-electron chi connectivity index (χ3n) is 2.90. The van der Waals surface area contributed by atoms with Crippen molar-refractivity contribution in [3.63, 3.8) is 0 Å². The van der Waals surface area contributed by atoms with Gasteiger partial charge in [0.05, 0.1) is 6.10 Å². The van der Waals surface area contributed by atoms with E-state index < -0.39 is 42.2 Å². The predicted octanol–water partition coefficient (Wildman–Crippen LogP) is -0.780. The van der Waals surface area contributed by atoms with Crippen LogP contribution in [0.4, 0.5) is 0 Å². The van der Waals surface area contributed by atoms with E-state index >= 15 is 0 Å². The lowest BCUT2D eigenvalue weighted by molar-refractivity contribution is -0.0542. The van der Waals surface area contributed by atoms with Crippen LogP contribution in [0.5, 0.6) is 0 Å². The van der Waals surface area contributed by atoms with Crippen molar-refractivity contribution >= 4 is 0 Å². The number of nitrogens with zero attached hydrogens (tertiary/aromatic N) is 1. The second-order valence-electron chi connectivity index (χ2n) is 3.94. The zero-order valence-corrected chi connectivity index (χ0v) is 9.99. The summed E-state index contributed by atoms with van der Waals surface area (Å²) in [6.45, 7) is 1.27. The Morgan fingerprint density at radius 1 is 1.67 bits per heavy atom. The van der Waals surface area contributed by atoms with Gasteiger partial charge in [-0.25, -0.2) is 4.79 Å². The second-order valence-corrected chi connectivity index (χ2v) is 3.94. The molecule has 1 aliphatic heterocycles. The zero-order valence-electron chi connectivity index (χ0n) is 12.0. The summed E-state index contributed by atoms with van der Waals surface area (Å²) in [7, 11) is 1.33. The van der Waals surface area contributed by atoms with E-state index in [1.54, 1.807) is 0 Å². The van der Waals surface area contributed by atoms with Crippen LogP contribution in [0.15, 0.2) is 21.9 Å². The van der Waals surface area contributed by atoms with E-state index in [0.717, 1.165) is 10.6 Å². The number of ether oxygens (including phenoxy) is 2. The first kappa shape index (κ1) is 10.5. The number of rotatable bonds is 3. The number of hydrogen-bond acceptors (Lipinski definition) is 5. The lowest BCUT2D eigenvalue weighted by atomic mass is 10.1. The molecule has 2 N–H and O–H groups in total. The molecule has 7 nitrogen and oxygen atoms in total. The van der Waals surface area contributed by atoms with Crippen LogP contribution in [0.25, 0.3) is 0 Å². The molecule has 2 rings (SSSR count). The minimum absolute atomic E-state index is 0.555. The molecule has 0 bridgehead atoms. The van der Waals surface area contributed by atoms with E-state index in [2.05, 4.69) is 4.98 Å². The normalized spacial score (nSPS) is 34.2. The van der Waals surface area contributed by atoms with Crippen LogP contribution in [-0.4, -0.2) is 40.1 Å². The molecule has 4 atom stereocenters. The van der Waals surface area contributed by atoms with Gasteiger partial charge in [0, 0.05) is 22.1 Å². The highest BCUT2D eigenvalue weighted by atomic mass is 16.6. The number of nitrogens with one attached hydrogen (secondary N) is 1. The number of aliphatic hydroxyl groups excluding tert-OH is 1. The summed E-state index contributed by atoms with van der Waals surface area (Å²) in [5.41, 5.74) is -1.27. The summed E-state index contributed by atoms with van der Waals surface area (Å²) in [4.78, 5) is 24.9. The molecule has 0 aromatic carbocycles. The maximum Gasteiger partial charge on any atom is 0.330 e. The third-order valence-corrected chi connectivity index (χ3v) is 2.90. The number of aromatic amines is 1. The van der Waals surface area contributed by atoms with Gasteiger partial charge in [-0.2, -0.15) is 0 Å². The molecule has 0 spiro atoms. The van der Waals surface area contributed by atoms with Crippen molar-refractivity contribution in [3.8, 4) is 0 Å². The van der Waals surface area contributed by atoms with Crippen LogP contribution in [0.2, 0.25) is 0 Å². The Hall–Kier alpha value is -1.44. The van der Waals surface area contributed by atoms with Crippen LogP contribution in [0, 0.1) is 0 Å². The molecule has 1 aliphatic rings. The van der Waals surface area contributed by atoms with Crippen LogP contribution in [0.3, 0.4) is 0 Å². The van der Waals surface area contributed by atoms with Crippen molar-refractivity contribution in [2.45, 2.75) is 37.8 Å². The van der Waals surface area contributed by atoms with Gasteiger partial charge in [-0.3, -0.25) is 14.3 Å². The van der Waals surface area contributed by atoms with E-state index in [1.165, 1.54) is 20.2 Å². The Bertz CT molecular complexity index is 593. The molecular weight excluding hydrogens is 240 g/mol. The van der Waals surface area contributed by atoms with Crippen molar-refractivity contribution < 1.29 is 17.3 Å². The Morgan fingerprint density at radius 2 is 2.39 bits per heavy atom. The summed E-state index contributed by atoms with van der Waals surface area (Å²) in [5.74, 6) is 0. The van der Waals surface area contributed by atoms with E-state index in [4.69, 9.17) is 12.2 Å². The summed E-state index contributed by atoms with van der Waals surface area (Å²) in [5, 5.41) is 10.1. The van der Waals surface area contributed by atoms with Crippen LogP contribution in [-0.2, 0) is 9.47 Å². The molecule has 0 saturated carbocycles. The quantitative estimate of drug-likeness (QED) is 0.742. The van der Waals surface area contributed by atoms with Crippen LogP contribution in [0.1, 0.15) is 22.3 Å². The highest BCUT2D eigenvalue weighted by molar-refractivity contribution is 4.93. The molecule has 0 aliphatic carbocycles. The fourth-order valence-corrected chi connectivity index (χ4v) is 2.00. The first-order valence-electron chi connectivity index (χ1n) is 6.43. The second kappa shape index (κ2) is 5.05. The Kier molecular flexibility index (Phi) is 2.94. The van der Waals surface area contributed by atoms with E-state index in [-0.39, 0.29) is 0 Å². The average molecular weight is 258 g/mol. The van der Waals surface area contributed by atoms with Crippen LogP contribution < -0.4 is 11.2 Å². The van der Waals surface area contributed by atoms with Gasteiger partial charge in [0.15, 0.2) is 6.23 Å². The molecule has 1 saturated heterocycles. The van der Waals surface area contributed by atoms with Crippen molar-refractivity contribution in [2.24, 2.45) is 0 Å². The number of aliphatic hydroxyl groups is 1. The topological polar surface area (TPSA) is 93.6 Å². The largest absolute Gasteiger partial charge is 0.388 e. The summed E-state index contributed by atoms with van der Waals surface area (Å²) in [6, 6.07) is 1.14. The molecule has 0 radical (unpaired) electrons. The van der Waals surface area contributed by atoms with Gasteiger partial charge >= 0.3 is 5.69 Å². The maximum atomic E-state index is 11.7. The Balaban J connectivity index is 2.41. The minimum Gasteiger partial charge on any atom is -0.388 e. The molecule has 7 heteroatoms. The van der Waals surface area contributed by atoms with Crippen molar-refractivity contribution in [3.05, 3.63) is 33.1 Å². The fourth-order valence-electron chi connectivity index (χ4n) is 2.00. The molecule has 2 heterocycles. The molecular formula is C11H16N2O5. The summed E-state index contributed by atoms with van der Waals surface area (Å²) in [6.07, 6.45) is -4.90. The maximum absolute atomic E-state index is 11.7. The minimum atomic E-state index is -1.81. The van der Waals surface area contributed by atoms with E-state index in [9.17, 15) is 14.7 Å². The predicted molar refractivity (Wildman–Crippen MR) is 62.3 cm³/mol. The summed E-state index contributed by atoms with van der Waals surface area (Å²) >= 11 is 0. The number of H-pyrrole nitrogens is 1. The molecule has 18 heavy (non-hydrogen) atoms. The Labute approximate surface area is 106 Å². The fraction of sp³-hybridized carbons (Fsp3) is 0.636. The smallest absolute Gasteiger partial charge is 0.330 e. The van der Waals surface area contributed by atoms with Gasteiger partial charge in [0.1, 0.15) is 12.2 Å². The van der Waals surface area contributed by atoms with Gasteiger partial charge in [-0.05, 0) is 6.37 Å². The highest BCUT2D eigenvalue weighted by Gasteiger charge is 2.44. The first-order valence-corrected chi connectivity index (χ1v) is 5.43. The van der Waals surface area contributed by atoms with Crippen molar-refractivity contribution in [1.82, 2.24) is 9.55 Å². The standard InChI is InChI=1S/C11H16N2O5/c1-3-6-8(15)9(17-2)10(18-6)13-5-4-7(14)12-11(13)16/h4-6,8-10,15H,3H2,1-2H3,(H,12,14,16)/t6-,8-,9-,10-/m1/s1/i3D2. The molecule has 100 valence electrons. The van der Waals surface area contributed by atoms with E-state index in [0.29, 0.717) is 0 Å². The van der Waals surface area contributed by atoms with Gasteiger partial charge in [0.2, 0.25) is 0 Å². The third kappa shape index (κ3) is 2.12. The van der Waals surface area contributed by atoms with Crippen molar-refractivity contribution in [2.75, 3.05) is 7.11 Å². The SMILES string of the molecule is [2H]C([2H])(C)[C@H]1O[C@@H](n2ccc(=O)[nH]c2=O)[C@H](OC)[C@@H]1O. The highest BCUT2D eigenvalue weighted by Crippen LogP contribution is 2.31. The lowest BCUT2D eigenvalue weighted by Crippen LogP contribution is -2.38. The molecule has 1 aromatic heterocycles. The Morgan fingerprint density at radius 3 is 2.94 bits per heavy atom. The number of methoxy groups -OCH3 is 1. The zero-order chi connectivity index (χ0) is 15.1. The van der Waals surface area contributed by atoms with Gasteiger partial charge in [0.25, 0.3) is 5.56 Å². The molecule has 0 unspecified atom stereocenters. The number of aromatic nitrogens is 2. The first-order chi connectivity index (χ1) is 9.25. The monoisotopic (exact) mass is 258 g/mol. The van der Waals surface area contributed by atoms with Gasteiger partial charge in [-0.15, -0.1) is 0 Å². The number of hydrogen-bond donors (Lipinski definition) is 2. The van der Waals surface area contributed by atoms with Crippen molar-refractivity contribution in [1.29, 1.82) is 0 Å². The molecule has 1 fully saturated rings. The van der Waals surface area contributed by atoms with E-state index in [1.807, 2.05) is 0 Å². The van der Waals surface area contributed by atoms with Gasteiger partial charge in [-0.1, -0.05) is 6.92 Å². The molecule has 0 amide bonds. The lowest BCUT2D eigenvalue weighted by Gasteiger charge is -2.20. The average Bonchev–Trinajstić information content (AvgIpc) is 2.65. The van der Waals surface area contributed by atoms with Gasteiger partial charge < -0.3 is 14.6 Å². The molecule has 1 aromatic rings.